The minimum atomic E-state index is -0.927. The molecule has 0 bridgehead atoms. The second-order valence-corrected chi connectivity index (χ2v) is 6.14. The Morgan fingerprint density at radius 1 is 1.19 bits per heavy atom. The molecule has 0 unspecified atom stereocenters. The third-order valence-corrected chi connectivity index (χ3v) is 3.32. The van der Waals surface area contributed by atoms with Gasteiger partial charge in [0, 0.05) is 6.92 Å². The molecule has 2 fully saturated rings. The van der Waals surface area contributed by atoms with Gasteiger partial charge < -0.3 is 28.5 Å². The first kappa shape index (κ1) is 16.4. The topological polar surface area (TPSA) is 80.3 Å². The highest BCUT2D eigenvalue weighted by Crippen LogP contribution is 2.34. The average Bonchev–Trinajstić information content (AvgIpc) is 2.85. The third kappa shape index (κ3) is 3.79. The van der Waals surface area contributed by atoms with E-state index in [1.54, 1.807) is 27.7 Å². The summed E-state index contributed by atoms with van der Waals surface area (Å²) in [6.45, 7) is 8.48. The van der Waals surface area contributed by atoms with Gasteiger partial charge in [0.15, 0.2) is 24.0 Å². The molecule has 0 aromatic rings. The van der Waals surface area contributed by atoms with Gasteiger partial charge >= 0.3 is 5.97 Å². The summed E-state index contributed by atoms with van der Waals surface area (Å²) in [7, 11) is 0. The van der Waals surface area contributed by atoms with E-state index in [0.29, 0.717) is 6.29 Å². The van der Waals surface area contributed by atoms with E-state index in [0.717, 1.165) is 0 Å². The predicted molar refractivity (Wildman–Crippen MR) is 70.3 cm³/mol. The lowest BCUT2D eigenvalue weighted by molar-refractivity contribution is -0.193. The molecule has 2 heterocycles. The zero-order valence-electron chi connectivity index (χ0n) is 13.0. The maximum atomic E-state index is 11.4. The minimum Gasteiger partial charge on any atom is -0.457 e. The molecule has 2 aliphatic rings. The molecule has 7 nitrogen and oxygen atoms in total. The van der Waals surface area contributed by atoms with E-state index in [1.807, 2.05) is 0 Å². The molecule has 21 heavy (non-hydrogen) atoms. The van der Waals surface area contributed by atoms with E-state index in [2.05, 4.69) is 0 Å². The standard InChI is InChI=1S/C14H22O7/c1-8(16)18-11(10-7-17-13(2,3)20-10)12-9(6-15)19-14(4,5)21-12/h6,9-12H,7H2,1-5H3/t9-,10-,11-,12-/m1/s1. The molecule has 120 valence electrons. The number of hydrogen-bond donors (Lipinski definition) is 0. The highest BCUT2D eigenvalue weighted by atomic mass is 16.8. The van der Waals surface area contributed by atoms with Crippen LogP contribution in [0.5, 0.6) is 0 Å². The zero-order chi connectivity index (χ0) is 15.8. The number of rotatable bonds is 4. The molecule has 2 aliphatic heterocycles. The summed E-state index contributed by atoms with van der Waals surface area (Å²) >= 11 is 0. The van der Waals surface area contributed by atoms with E-state index in [9.17, 15) is 9.59 Å². The second-order valence-electron chi connectivity index (χ2n) is 6.14. The molecule has 0 spiro atoms. The molecule has 0 radical (unpaired) electrons. The fourth-order valence-electron chi connectivity index (χ4n) is 2.60. The van der Waals surface area contributed by atoms with Crippen LogP contribution in [0.25, 0.3) is 0 Å². The van der Waals surface area contributed by atoms with Gasteiger partial charge in [0.25, 0.3) is 0 Å². The Labute approximate surface area is 123 Å². The van der Waals surface area contributed by atoms with Crippen LogP contribution < -0.4 is 0 Å². The molecule has 0 saturated carbocycles. The molecule has 0 aromatic carbocycles. The van der Waals surface area contributed by atoms with Crippen LogP contribution >= 0.6 is 0 Å². The molecule has 2 saturated heterocycles. The minimum absolute atomic E-state index is 0.247. The number of carbonyl (C=O) groups excluding carboxylic acids is 2. The molecule has 0 amide bonds. The van der Waals surface area contributed by atoms with Crippen molar-refractivity contribution in [3.05, 3.63) is 0 Å². The van der Waals surface area contributed by atoms with Gasteiger partial charge in [-0.25, -0.2) is 0 Å². The number of aldehydes is 1. The summed E-state index contributed by atoms with van der Waals surface area (Å²) in [4.78, 5) is 22.6. The van der Waals surface area contributed by atoms with Crippen LogP contribution in [0.2, 0.25) is 0 Å². The van der Waals surface area contributed by atoms with Crippen molar-refractivity contribution in [3.63, 3.8) is 0 Å². The highest BCUT2D eigenvalue weighted by Gasteiger charge is 2.51. The number of carbonyl (C=O) groups is 2. The van der Waals surface area contributed by atoms with Crippen molar-refractivity contribution >= 4 is 12.3 Å². The van der Waals surface area contributed by atoms with E-state index >= 15 is 0 Å². The van der Waals surface area contributed by atoms with E-state index in [-0.39, 0.29) is 6.61 Å². The van der Waals surface area contributed by atoms with Crippen LogP contribution in [-0.4, -0.2) is 54.9 Å². The largest absolute Gasteiger partial charge is 0.457 e. The zero-order valence-corrected chi connectivity index (χ0v) is 13.0. The van der Waals surface area contributed by atoms with Gasteiger partial charge in [-0.2, -0.15) is 0 Å². The van der Waals surface area contributed by atoms with Gasteiger partial charge in [-0.3, -0.25) is 4.79 Å². The molecular weight excluding hydrogens is 280 g/mol. The van der Waals surface area contributed by atoms with Gasteiger partial charge in [-0.1, -0.05) is 0 Å². The van der Waals surface area contributed by atoms with Crippen LogP contribution in [0.1, 0.15) is 34.6 Å². The maximum absolute atomic E-state index is 11.4. The fourth-order valence-corrected chi connectivity index (χ4v) is 2.60. The molecule has 0 aliphatic carbocycles. The lowest BCUT2D eigenvalue weighted by atomic mass is 10.0. The lowest BCUT2D eigenvalue weighted by Gasteiger charge is -2.29. The molecule has 0 aromatic heterocycles. The Morgan fingerprint density at radius 2 is 1.86 bits per heavy atom. The summed E-state index contributed by atoms with van der Waals surface area (Å²) in [5, 5.41) is 0. The Morgan fingerprint density at radius 3 is 2.33 bits per heavy atom. The molecule has 4 atom stereocenters. The average molecular weight is 302 g/mol. The van der Waals surface area contributed by atoms with Gasteiger partial charge in [0.1, 0.15) is 18.3 Å². The van der Waals surface area contributed by atoms with E-state index in [1.165, 1.54) is 6.92 Å². The quantitative estimate of drug-likeness (QED) is 0.561. The Bertz CT molecular complexity index is 418. The Kier molecular flexibility index (Phi) is 4.39. The molecular formula is C14H22O7. The normalized spacial score (nSPS) is 35.4. The second kappa shape index (κ2) is 5.64. The fraction of sp³-hybridized carbons (Fsp3) is 0.857. The molecule has 2 rings (SSSR count). The SMILES string of the molecule is CC(=O)O[C@@H]([C@@H]1OC(C)(C)O[C@@H]1C=O)[C@H]1COC(C)(C)O1. The first-order chi connectivity index (χ1) is 9.63. The van der Waals surface area contributed by atoms with Crippen molar-refractivity contribution in [2.75, 3.05) is 6.61 Å². The van der Waals surface area contributed by atoms with Gasteiger partial charge in [0.05, 0.1) is 6.61 Å². The summed E-state index contributed by atoms with van der Waals surface area (Å²) in [6.07, 6.45) is -2.20. The van der Waals surface area contributed by atoms with Gasteiger partial charge in [-0.05, 0) is 27.7 Å². The van der Waals surface area contributed by atoms with E-state index < -0.39 is 42.0 Å². The number of esters is 1. The van der Waals surface area contributed by atoms with Crippen molar-refractivity contribution in [2.45, 2.75) is 70.6 Å². The molecule has 7 heteroatoms. The first-order valence-corrected chi connectivity index (χ1v) is 6.93. The van der Waals surface area contributed by atoms with Gasteiger partial charge in [-0.15, -0.1) is 0 Å². The third-order valence-electron chi connectivity index (χ3n) is 3.32. The van der Waals surface area contributed by atoms with Crippen LogP contribution in [0.4, 0.5) is 0 Å². The summed E-state index contributed by atoms with van der Waals surface area (Å²) in [5.74, 6) is -2.18. The van der Waals surface area contributed by atoms with Gasteiger partial charge in [0.2, 0.25) is 0 Å². The van der Waals surface area contributed by atoms with Crippen molar-refractivity contribution in [1.29, 1.82) is 0 Å². The van der Waals surface area contributed by atoms with E-state index in [4.69, 9.17) is 23.7 Å². The van der Waals surface area contributed by atoms with Crippen molar-refractivity contribution in [2.24, 2.45) is 0 Å². The monoisotopic (exact) mass is 302 g/mol. The Balaban J connectivity index is 2.20. The van der Waals surface area contributed by atoms with Crippen molar-refractivity contribution in [3.8, 4) is 0 Å². The summed E-state index contributed by atoms with van der Waals surface area (Å²) in [5.41, 5.74) is 0. The Hall–Kier alpha value is -1.02. The van der Waals surface area contributed by atoms with Crippen LogP contribution in [0, 0.1) is 0 Å². The number of hydrogen-bond acceptors (Lipinski definition) is 7. The number of ether oxygens (including phenoxy) is 5. The van der Waals surface area contributed by atoms with Crippen LogP contribution in [0.15, 0.2) is 0 Å². The highest BCUT2D eigenvalue weighted by molar-refractivity contribution is 5.66. The summed E-state index contributed by atoms with van der Waals surface area (Å²) in [6, 6.07) is 0. The molecule has 0 N–H and O–H groups in total. The van der Waals surface area contributed by atoms with Crippen molar-refractivity contribution in [1.82, 2.24) is 0 Å². The first-order valence-electron chi connectivity index (χ1n) is 6.93. The van der Waals surface area contributed by atoms with Crippen LogP contribution in [-0.2, 0) is 33.3 Å². The summed E-state index contributed by atoms with van der Waals surface area (Å²) < 4.78 is 27.8. The van der Waals surface area contributed by atoms with Crippen LogP contribution in [0.3, 0.4) is 0 Å². The predicted octanol–water partition coefficient (Wildman–Crippen LogP) is 0.789. The van der Waals surface area contributed by atoms with Crippen molar-refractivity contribution < 1.29 is 33.3 Å². The maximum Gasteiger partial charge on any atom is 0.303 e. The lowest BCUT2D eigenvalue weighted by Crippen LogP contribution is -2.47. The smallest absolute Gasteiger partial charge is 0.303 e.